The molecule has 0 radical (unpaired) electrons. The van der Waals surface area contributed by atoms with Crippen LogP contribution < -0.4 is 10.6 Å². The molecule has 0 amide bonds. The van der Waals surface area contributed by atoms with Crippen LogP contribution in [0.5, 0.6) is 0 Å². The van der Waals surface area contributed by atoms with Crippen LogP contribution >= 0.6 is 0 Å². The molecule has 0 aliphatic heterocycles. The van der Waals surface area contributed by atoms with Crippen LogP contribution in [0.1, 0.15) is 18.4 Å². The van der Waals surface area contributed by atoms with E-state index in [9.17, 15) is 0 Å². The van der Waals surface area contributed by atoms with Gasteiger partial charge in [0.15, 0.2) is 0 Å². The zero-order valence-corrected chi connectivity index (χ0v) is 11.8. The van der Waals surface area contributed by atoms with E-state index in [1.165, 1.54) is 24.9 Å². The van der Waals surface area contributed by atoms with E-state index in [0.29, 0.717) is 0 Å². The lowest BCUT2D eigenvalue weighted by atomic mass is 10.2. The molecule has 1 aromatic carbocycles. The van der Waals surface area contributed by atoms with Gasteiger partial charge in [0.2, 0.25) is 0 Å². The van der Waals surface area contributed by atoms with E-state index in [2.05, 4.69) is 60.0 Å². The largest absolute Gasteiger partial charge is 0.317 e. The predicted molar refractivity (Wildman–Crippen MR) is 78.8 cm³/mol. The lowest BCUT2D eigenvalue weighted by molar-refractivity contribution is 0.394. The van der Waals surface area contributed by atoms with Crippen LogP contribution in [-0.2, 0) is 6.54 Å². The van der Waals surface area contributed by atoms with Crippen LogP contribution in [0.25, 0.3) is 0 Å². The van der Waals surface area contributed by atoms with Gasteiger partial charge in [-0.2, -0.15) is 0 Å². The number of rotatable bonds is 10. The second-order valence-corrected chi connectivity index (χ2v) is 4.92. The van der Waals surface area contributed by atoms with Crippen molar-refractivity contribution >= 4 is 0 Å². The summed E-state index contributed by atoms with van der Waals surface area (Å²) in [5, 5.41) is 6.94. The lowest BCUT2D eigenvalue weighted by Crippen LogP contribution is -2.24. The zero-order valence-electron chi connectivity index (χ0n) is 11.8. The third-order valence-electron chi connectivity index (χ3n) is 2.84. The van der Waals surface area contributed by atoms with Crippen LogP contribution in [0.4, 0.5) is 0 Å². The van der Waals surface area contributed by atoms with E-state index >= 15 is 0 Å². The van der Waals surface area contributed by atoms with Gasteiger partial charge in [0, 0.05) is 6.54 Å². The molecule has 0 unspecified atom stereocenters. The van der Waals surface area contributed by atoms with E-state index in [1.807, 2.05) is 0 Å². The Labute approximate surface area is 112 Å². The Morgan fingerprint density at radius 2 is 1.56 bits per heavy atom. The fourth-order valence-electron chi connectivity index (χ4n) is 1.81. The molecule has 0 aliphatic carbocycles. The van der Waals surface area contributed by atoms with Crippen molar-refractivity contribution in [3.8, 4) is 0 Å². The first kappa shape index (κ1) is 15.2. The fraction of sp³-hybridized carbons (Fsp3) is 0.600. The summed E-state index contributed by atoms with van der Waals surface area (Å²) in [4.78, 5) is 2.23. The highest BCUT2D eigenvalue weighted by Gasteiger charge is 1.92. The van der Waals surface area contributed by atoms with Gasteiger partial charge < -0.3 is 15.5 Å². The lowest BCUT2D eigenvalue weighted by Gasteiger charge is -2.10. The normalized spacial score (nSPS) is 11.1. The van der Waals surface area contributed by atoms with Crippen molar-refractivity contribution in [2.75, 3.05) is 40.3 Å². The fourth-order valence-corrected chi connectivity index (χ4v) is 1.81. The van der Waals surface area contributed by atoms with Crippen molar-refractivity contribution in [1.82, 2.24) is 15.5 Å². The maximum absolute atomic E-state index is 3.47. The van der Waals surface area contributed by atoms with Crippen molar-refractivity contribution in [3.63, 3.8) is 0 Å². The van der Waals surface area contributed by atoms with E-state index < -0.39 is 0 Å². The van der Waals surface area contributed by atoms with Gasteiger partial charge in [-0.05, 0) is 58.7 Å². The number of benzene rings is 1. The van der Waals surface area contributed by atoms with E-state index in [4.69, 9.17) is 0 Å². The highest BCUT2D eigenvalue weighted by Crippen LogP contribution is 1.96. The Bertz CT molecular complexity index is 285. The van der Waals surface area contributed by atoms with E-state index in [0.717, 1.165) is 26.2 Å². The number of hydrogen-bond donors (Lipinski definition) is 2. The Balaban J connectivity index is 1.84. The molecule has 102 valence electrons. The predicted octanol–water partition coefficient (Wildman–Crippen LogP) is 1.71. The monoisotopic (exact) mass is 249 g/mol. The van der Waals surface area contributed by atoms with Gasteiger partial charge in [-0.3, -0.25) is 0 Å². The molecule has 0 saturated carbocycles. The van der Waals surface area contributed by atoms with Gasteiger partial charge in [-0.25, -0.2) is 0 Å². The first-order valence-corrected chi connectivity index (χ1v) is 6.89. The van der Waals surface area contributed by atoms with Gasteiger partial charge in [-0.1, -0.05) is 30.3 Å². The summed E-state index contributed by atoms with van der Waals surface area (Å²) in [5.74, 6) is 0. The smallest absolute Gasteiger partial charge is 0.0205 e. The molecule has 18 heavy (non-hydrogen) atoms. The number of nitrogens with one attached hydrogen (secondary N) is 2. The maximum atomic E-state index is 3.47. The second-order valence-electron chi connectivity index (χ2n) is 4.92. The molecule has 0 fully saturated rings. The SMILES string of the molecule is CN(C)CCCNCCCNCc1ccccc1. The van der Waals surface area contributed by atoms with Gasteiger partial charge in [0.05, 0.1) is 0 Å². The molecule has 3 heteroatoms. The summed E-state index contributed by atoms with van der Waals surface area (Å²) >= 11 is 0. The van der Waals surface area contributed by atoms with Crippen molar-refractivity contribution in [2.24, 2.45) is 0 Å². The summed E-state index contributed by atoms with van der Waals surface area (Å²) in [7, 11) is 4.24. The van der Waals surface area contributed by atoms with Gasteiger partial charge in [0.1, 0.15) is 0 Å². The Morgan fingerprint density at radius 1 is 0.889 bits per heavy atom. The van der Waals surface area contributed by atoms with E-state index in [-0.39, 0.29) is 0 Å². The van der Waals surface area contributed by atoms with Gasteiger partial charge in [-0.15, -0.1) is 0 Å². The summed E-state index contributed by atoms with van der Waals surface area (Å²) in [6.45, 7) is 5.45. The minimum absolute atomic E-state index is 0.974. The number of hydrogen-bond acceptors (Lipinski definition) is 3. The second kappa shape index (κ2) is 10.1. The van der Waals surface area contributed by atoms with Crippen molar-refractivity contribution in [1.29, 1.82) is 0 Å². The standard InChI is InChI=1S/C15H27N3/c1-18(2)13-7-12-16-10-6-11-17-14-15-8-4-3-5-9-15/h3-5,8-9,16-17H,6-7,10-14H2,1-2H3. The Morgan fingerprint density at radius 3 is 2.28 bits per heavy atom. The molecule has 0 saturated heterocycles. The van der Waals surface area contributed by atoms with Gasteiger partial charge in [0.25, 0.3) is 0 Å². The topological polar surface area (TPSA) is 27.3 Å². The first-order valence-electron chi connectivity index (χ1n) is 6.89. The molecule has 0 atom stereocenters. The van der Waals surface area contributed by atoms with Crippen LogP contribution in [0.2, 0.25) is 0 Å². The zero-order chi connectivity index (χ0) is 13.1. The highest BCUT2D eigenvalue weighted by molar-refractivity contribution is 5.14. The average molecular weight is 249 g/mol. The van der Waals surface area contributed by atoms with Crippen LogP contribution in [0, 0.1) is 0 Å². The third-order valence-corrected chi connectivity index (χ3v) is 2.84. The molecule has 0 bridgehead atoms. The van der Waals surface area contributed by atoms with Crippen LogP contribution in [-0.4, -0.2) is 45.2 Å². The average Bonchev–Trinajstić information content (AvgIpc) is 2.37. The summed E-state index contributed by atoms with van der Waals surface area (Å²) < 4.78 is 0. The minimum Gasteiger partial charge on any atom is -0.317 e. The minimum atomic E-state index is 0.974. The van der Waals surface area contributed by atoms with Crippen molar-refractivity contribution < 1.29 is 0 Å². The molecular formula is C15H27N3. The molecule has 0 aromatic heterocycles. The maximum Gasteiger partial charge on any atom is 0.0205 e. The summed E-state index contributed by atoms with van der Waals surface area (Å²) in [6.07, 6.45) is 2.42. The molecule has 0 aliphatic rings. The molecule has 2 N–H and O–H groups in total. The summed E-state index contributed by atoms with van der Waals surface area (Å²) in [5.41, 5.74) is 1.36. The van der Waals surface area contributed by atoms with Crippen LogP contribution in [0.3, 0.4) is 0 Å². The van der Waals surface area contributed by atoms with Crippen molar-refractivity contribution in [3.05, 3.63) is 35.9 Å². The molecule has 0 spiro atoms. The molecule has 1 aromatic rings. The Kier molecular flexibility index (Phi) is 8.47. The quantitative estimate of drug-likeness (QED) is 0.618. The van der Waals surface area contributed by atoms with Crippen molar-refractivity contribution in [2.45, 2.75) is 19.4 Å². The summed E-state index contributed by atoms with van der Waals surface area (Å²) in [6, 6.07) is 10.5. The van der Waals surface area contributed by atoms with Crippen LogP contribution in [0.15, 0.2) is 30.3 Å². The third kappa shape index (κ3) is 8.23. The van der Waals surface area contributed by atoms with E-state index in [1.54, 1.807) is 0 Å². The Hall–Kier alpha value is -0.900. The molecule has 0 heterocycles. The number of nitrogens with zero attached hydrogens (tertiary/aromatic N) is 1. The molecular weight excluding hydrogens is 222 g/mol. The highest BCUT2D eigenvalue weighted by atomic mass is 15.1. The first-order chi connectivity index (χ1) is 8.79. The molecule has 1 rings (SSSR count). The molecule has 3 nitrogen and oxygen atoms in total. The van der Waals surface area contributed by atoms with Gasteiger partial charge >= 0.3 is 0 Å².